The van der Waals surface area contributed by atoms with Crippen molar-refractivity contribution in [3.05, 3.63) is 71.3 Å². The van der Waals surface area contributed by atoms with Crippen LogP contribution in [0.25, 0.3) is 6.08 Å². The summed E-state index contributed by atoms with van der Waals surface area (Å²) in [6, 6.07) is 17.4. The van der Waals surface area contributed by atoms with E-state index in [2.05, 4.69) is 82.3 Å². The molecule has 0 amide bonds. The quantitative estimate of drug-likeness (QED) is 0.462. The summed E-state index contributed by atoms with van der Waals surface area (Å²) >= 11 is 0. The predicted molar refractivity (Wildman–Crippen MR) is 109 cm³/mol. The average molecular weight is 337 g/mol. The maximum Gasteiger partial charge on any atom is 0.119 e. The van der Waals surface area contributed by atoms with Gasteiger partial charge in [0.05, 0.1) is 6.61 Å². The van der Waals surface area contributed by atoms with Crippen molar-refractivity contribution in [1.82, 2.24) is 0 Å². The van der Waals surface area contributed by atoms with Gasteiger partial charge in [0.2, 0.25) is 0 Å². The second-order valence-corrected chi connectivity index (χ2v) is 7.44. The summed E-state index contributed by atoms with van der Waals surface area (Å²) in [6.45, 7) is 9.75. The fourth-order valence-electron chi connectivity index (χ4n) is 2.84. The molecule has 1 nitrogen and oxygen atoms in total. The van der Waals surface area contributed by atoms with Gasteiger partial charge in [-0.05, 0) is 53.5 Å². The Balaban J connectivity index is 1.99. The highest BCUT2D eigenvalue weighted by atomic mass is 16.5. The summed E-state index contributed by atoms with van der Waals surface area (Å²) in [5, 5.41) is 0. The molecule has 0 radical (unpaired) electrons. The van der Waals surface area contributed by atoms with E-state index < -0.39 is 0 Å². The van der Waals surface area contributed by atoms with Crippen LogP contribution in [0.4, 0.5) is 0 Å². The van der Waals surface area contributed by atoms with E-state index in [9.17, 15) is 0 Å². The Hall–Kier alpha value is -2.02. The van der Waals surface area contributed by atoms with Crippen LogP contribution in [-0.4, -0.2) is 6.61 Å². The Labute approximate surface area is 153 Å². The molecule has 0 saturated carbocycles. The largest absolute Gasteiger partial charge is 0.494 e. The minimum absolute atomic E-state index is 0.118. The maximum atomic E-state index is 5.80. The summed E-state index contributed by atoms with van der Waals surface area (Å²) in [6.07, 6.45) is 8.93. The van der Waals surface area contributed by atoms with Gasteiger partial charge in [-0.3, -0.25) is 0 Å². The third-order valence-corrected chi connectivity index (χ3v) is 4.44. The molecule has 134 valence electrons. The van der Waals surface area contributed by atoms with Gasteiger partial charge in [0.15, 0.2) is 0 Å². The first kappa shape index (κ1) is 19.3. The molecule has 0 fully saturated rings. The number of unbranched alkanes of at least 4 members (excludes halogenated alkanes) is 1. The van der Waals surface area contributed by atoms with E-state index in [1.165, 1.54) is 16.7 Å². The Morgan fingerprint density at radius 3 is 2.36 bits per heavy atom. The van der Waals surface area contributed by atoms with Crippen LogP contribution in [0.3, 0.4) is 0 Å². The van der Waals surface area contributed by atoms with Gasteiger partial charge < -0.3 is 4.74 Å². The van der Waals surface area contributed by atoms with Crippen molar-refractivity contribution >= 4 is 6.08 Å². The fourth-order valence-corrected chi connectivity index (χ4v) is 2.84. The number of benzene rings is 2. The summed E-state index contributed by atoms with van der Waals surface area (Å²) in [7, 11) is 0. The van der Waals surface area contributed by atoms with Gasteiger partial charge in [-0.25, -0.2) is 0 Å². The first-order valence-corrected chi connectivity index (χ1v) is 9.52. The fraction of sp³-hybridized carbons (Fsp3) is 0.417. The lowest BCUT2D eigenvalue weighted by molar-refractivity contribution is 0.309. The highest BCUT2D eigenvalue weighted by Gasteiger charge is 2.14. The van der Waals surface area contributed by atoms with E-state index in [-0.39, 0.29) is 5.41 Å². The second-order valence-electron chi connectivity index (χ2n) is 7.44. The van der Waals surface area contributed by atoms with Crippen LogP contribution >= 0.6 is 0 Å². The van der Waals surface area contributed by atoms with Crippen molar-refractivity contribution in [2.45, 2.75) is 53.4 Å². The molecule has 2 aromatic carbocycles. The lowest BCUT2D eigenvalue weighted by Crippen LogP contribution is -2.11. The number of hydrogen-bond acceptors (Lipinski definition) is 1. The minimum Gasteiger partial charge on any atom is -0.494 e. The van der Waals surface area contributed by atoms with Gasteiger partial charge in [0.25, 0.3) is 0 Å². The van der Waals surface area contributed by atoms with Gasteiger partial charge in [0, 0.05) is 0 Å². The van der Waals surface area contributed by atoms with Crippen LogP contribution in [0, 0.1) is 5.41 Å². The standard InChI is InChI=1S/C24H32O/c1-5-7-17-25-23-10-8-9-21(18-23)15-16-24(3,4)19-22-13-11-20(6-2)12-14-22/h8-16,18H,5-7,17,19H2,1-4H3/b16-15+. The van der Waals surface area contributed by atoms with Crippen molar-refractivity contribution in [3.8, 4) is 5.75 Å². The molecular weight excluding hydrogens is 304 g/mol. The lowest BCUT2D eigenvalue weighted by atomic mass is 9.84. The third-order valence-electron chi connectivity index (χ3n) is 4.44. The van der Waals surface area contributed by atoms with Crippen LogP contribution in [-0.2, 0) is 12.8 Å². The minimum atomic E-state index is 0.118. The zero-order chi connectivity index (χ0) is 18.1. The molecule has 25 heavy (non-hydrogen) atoms. The molecule has 0 heterocycles. The number of ether oxygens (including phenoxy) is 1. The summed E-state index contributed by atoms with van der Waals surface area (Å²) in [5.74, 6) is 0.962. The van der Waals surface area contributed by atoms with Gasteiger partial charge >= 0.3 is 0 Å². The summed E-state index contributed by atoms with van der Waals surface area (Å²) in [4.78, 5) is 0. The molecule has 0 aliphatic rings. The molecule has 0 aliphatic carbocycles. The van der Waals surface area contributed by atoms with Crippen molar-refractivity contribution < 1.29 is 4.74 Å². The molecule has 0 bridgehead atoms. The van der Waals surface area contributed by atoms with E-state index in [1.54, 1.807) is 0 Å². The highest BCUT2D eigenvalue weighted by Crippen LogP contribution is 2.26. The summed E-state index contributed by atoms with van der Waals surface area (Å²) < 4.78 is 5.80. The van der Waals surface area contributed by atoms with E-state index in [4.69, 9.17) is 4.74 Å². The Bertz CT molecular complexity index is 665. The first-order chi connectivity index (χ1) is 12.0. The molecule has 0 aliphatic heterocycles. The van der Waals surface area contributed by atoms with E-state index in [1.807, 2.05) is 6.07 Å². The first-order valence-electron chi connectivity index (χ1n) is 9.52. The molecule has 0 N–H and O–H groups in total. The predicted octanol–water partition coefficient (Wildman–Crippen LogP) is 6.71. The molecule has 1 heteroatoms. The molecular formula is C24H32O. The number of allylic oxidation sites excluding steroid dienone is 1. The van der Waals surface area contributed by atoms with Crippen molar-refractivity contribution in [1.29, 1.82) is 0 Å². The van der Waals surface area contributed by atoms with Crippen molar-refractivity contribution in [3.63, 3.8) is 0 Å². The van der Waals surface area contributed by atoms with Gasteiger partial charge in [-0.2, -0.15) is 0 Å². The highest BCUT2D eigenvalue weighted by molar-refractivity contribution is 5.52. The lowest BCUT2D eigenvalue weighted by Gasteiger charge is -2.20. The SMILES string of the molecule is CCCCOc1cccc(/C=C/C(C)(C)Cc2ccc(CC)cc2)c1. The topological polar surface area (TPSA) is 9.23 Å². The zero-order valence-corrected chi connectivity index (χ0v) is 16.2. The maximum absolute atomic E-state index is 5.80. The molecule has 0 saturated heterocycles. The number of aryl methyl sites for hydroxylation is 1. The van der Waals surface area contributed by atoms with Crippen LogP contribution in [0.5, 0.6) is 5.75 Å². The van der Waals surface area contributed by atoms with Crippen molar-refractivity contribution in [2.24, 2.45) is 5.41 Å². The third kappa shape index (κ3) is 6.78. The smallest absolute Gasteiger partial charge is 0.119 e. The molecule has 2 rings (SSSR count). The molecule has 0 aromatic heterocycles. The Morgan fingerprint density at radius 1 is 0.960 bits per heavy atom. The normalized spacial score (nSPS) is 11.8. The molecule has 0 unspecified atom stereocenters. The van der Waals surface area contributed by atoms with Gasteiger partial charge in [0.1, 0.15) is 5.75 Å². The monoisotopic (exact) mass is 336 g/mol. The van der Waals surface area contributed by atoms with Crippen LogP contribution in [0.15, 0.2) is 54.6 Å². The molecule has 0 atom stereocenters. The molecule has 2 aromatic rings. The van der Waals surface area contributed by atoms with Crippen LogP contribution in [0.1, 0.15) is 57.2 Å². The van der Waals surface area contributed by atoms with E-state index >= 15 is 0 Å². The van der Waals surface area contributed by atoms with Crippen LogP contribution < -0.4 is 4.74 Å². The van der Waals surface area contributed by atoms with E-state index in [0.29, 0.717) is 0 Å². The van der Waals surface area contributed by atoms with Gasteiger partial charge in [-0.15, -0.1) is 0 Å². The van der Waals surface area contributed by atoms with Crippen molar-refractivity contribution in [2.75, 3.05) is 6.61 Å². The number of rotatable bonds is 9. The molecule has 0 spiro atoms. The second kappa shape index (κ2) is 9.46. The van der Waals surface area contributed by atoms with E-state index in [0.717, 1.165) is 38.0 Å². The number of hydrogen-bond donors (Lipinski definition) is 0. The average Bonchev–Trinajstić information content (AvgIpc) is 2.61. The van der Waals surface area contributed by atoms with Crippen LogP contribution in [0.2, 0.25) is 0 Å². The Morgan fingerprint density at radius 2 is 1.68 bits per heavy atom. The van der Waals surface area contributed by atoms with Gasteiger partial charge in [-0.1, -0.05) is 82.7 Å². The summed E-state index contributed by atoms with van der Waals surface area (Å²) in [5.41, 5.74) is 4.11. The zero-order valence-electron chi connectivity index (χ0n) is 16.2. The Kier molecular flexibility index (Phi) is 7.31.